The second-order valence-electron chi connectivity index (χ2n) is 3.42. The minimum absolute atomic E-state index is 0.327. The van der Waals surface area contributed by atoms with Gasteiger partial charge in [-0.15, -0.1) is 0 Å². The van der Waals surface area contributed by atoms with Crippen LogP contribution in [0.2, 0.25) is 0 Å². The summed E-state index contributed by atoms with van der Waals surface area (Å²) in [5.74, 6) is 0.490. The predicted molar refractivity (Wildman–Crippen MR) is 45.3 cm³/mol. The van der Waals surface area contributed by atoms with Gasteiger partial charge in [-0.25, -0.2) is 0 Å². The van der Waals surface area contributed by atoms with Gasteiger partial charge in [0.1, 0.15) is 0 Å². The zero-order chi connectivity index (χ0) is 8.27. The summed E-state index contributed by atoms with van der Waals surface area (Å²) in [5, 5.41) is 8.88. The first-order valence-electron chi connectivity index (χ1n) is 4.33. The van der Waals surface area contributed by atoms with E-state index in [0.717, 1.165) is 26.1 Å². The van der Waals surface area contributed by atoms with E-state index in [1.807, 2.05) is 0 Å². The molecule has 1 aliphatic rings. The van der Waals surface area contributed by atoms with Crippen molar-refractivity contribution in [2.45, 2.75) is 19.4 Å². The lowest BCUT2D eigenvalue weighted by Crippen LogP contribution is -2.36. The molecule has 2 atom stereocenters. The number of rotatable bonds is 3. The third kappa shape index (κ3) is 2.15. The van der Waals surface area contributed by atoms with Gasteiger partial charge in [0.2, 0.25) is 0 Å². The van der Waals surface area contributed by atoms with Crippen molar-refractivity contribution in [1.82, 2.24) is 4.90 Å². The van der Waals surface area contributed by atoms with Crippen molar-refractivity contribution in [2.75, 3.05) is 26.2 Å². The molecule has 1 rings (SSSR count). The Kier molecular flexibility index (Phi) is 3.30. The molecule has 0 aromatic heterocycles. The Morgan fingerprint density at radius 3 is 2.91 bits per heavy atom. The van der Waals surface area contributed by atoms with Crippen molar-refractivity contribution in [2.24, 2.45) is 11.7 Å². The lowest BCUT2D eigenvalue weighted by Gasteiger charge is -2.22. The van der Waals surface area contributed by atoms with Crippen LogP contribution in [-0.4, -0.2) is 42.3 Å². The lowest BCUT2D eigenvalue weighted by atomic mass is 10.1. The van der Waals surface area contributed by atoms with E-state index in [0.29, 0.717) is 18.6 Å². The molecule has 0 aromatic carbocycles. The number of hydrogen-bond acceptors (Lipinski definition) is 3. The average molecular weight is 158 g/mol. The molecule has 0 saturated carbocycles. The van der Waals surface area contributed by atoms with E-state index in [4.69, 9.17) is 10.8 Å². The number of likely N-dealkylation sites (tertiary alicyclic amines) is 1. The number of nitrogens with two attached hydrogens (primary N) is 1. The quantitative estimate of drug-likeness (QED) is 0.590. The van der Waals surface area contributed by atoms with E-state index in [2.05, 4.69) is 11.8 Å². The highest BCUT2D eigenvalue weighted by molar-refractivity contribution is 4.79. The van der Waals surface area contributed by atoms with E-state index < -0.39 is 0 Å². The van der Waals surface area contributed by atoms with Gasteiger partial charge in [-0.2, -0.15) is 0 Å². The molecule has 0 amide bonds. The smallest absolute Gasteiger partial charge is 0.0471 e. The van der Waals surface area contributed by atoms with Gasteiger partial charge in [-0.3, -0.25) is 4.90 Å². The maximum Gasteiger partial charge on any atom is 0.0471 e. The first-order valence-corrected chi connectivity index (χ1v) is 4.33. The Morgan fingerprint density at radius 1 is 1.73 bits per heavy atom. The third-order valence-electron chi connectivity index (χ3n) is 2.54. The highest BCUT2D eigenvalue weighted by atomic mass is 16.3. The number of aliphatic hydroxyl groups is 1. The van der Waals surface area contributed by atoms with Crippen molar-refractivity contribution >= 4 is 0 Å². The lowest BCUT2D eigenvalue weighted by molar-refractivity contribution is 0.206. The van der Waals surface area contributed by atoms with Gasteiger partial charge in [0.05, 0.1) is 0 Å². The van der Waals surface area contributed by atoms with Gasteiger partial charge in [0.25, 0.3) is 0 Å². The minimum atomic E-state index is 0.327. The summed E-state index contributed by atoms with van der Waals surface area (Å²) >= 11 is 0. The molecular weight excluding hydrogens is 140 g/mol. The molecule has 0 aliphatic carbocycles. The Hall–Kier alpha value is -0.120. The van der Waals surface area contributed by atoms with Crippen LogP contribution in [0.3, 0.4) is 0 Å². The fraction of sp³-hybridized carbons (Fsp3) is 1.00. The van der Waals surface area contributed by atoms with Crippen molar-refractivity contribution in [3.63, 3.8) is 0 Å². The Balaban J connectivity index is 2.29. The molecule has 0 radical (unpaired) electrons. The molecular formula is C8H18N2O. The molecule has 1 heterocycles. The van der Waals surface area contributed by atoms with E-state index >= 15 is 0 Å². The van der Waals surface area contributed by atoms with Gasteiger partial charge < -0.3 is 10.8 Å². The van der Waals surface area contributed by atoms with E-state index in [9.17, 15) is 0 Å². The highest BCUT2D eigenvalue weighted by Crippen LogP contribution is 2.17. The van der Waals surface area contributed by atoms with Crippen LogP contribution in [0.4, 0.5) is 0 Å². The molecule has 2 unspecified atom stereocenters. The van der Waals surface area contributed by atoms with Crippen LogP contribution in [-0.2, 0) is 0 Å². The summed E-state index contributed by atoms with van der Waals surface area (Å²) in [5.41, 5.74) is 5.53. The molecule has 1 saturated heterocycles. The maximum absolute atomic E-state index is 8.88. The normalized spacial score (nSPS) is 29.2. The Labute approximate surface area is 68.2 Å². The zero-order valence-electron chi connectivity index (χ0n) is 7.16. The minimum Gasteiger partial charge on any atom is -0.396 e. The summed E-state index contributed by atoms with van der Waals surface area (Å²) in [6.45, 7) is 5.31. The summed E-state index contributed by atoms with van der Waals surface area (Å²) in [7, 11) is 0. The van der Waals surface area contributed by atoms with Crippen LogP contribution >= 0.6 is 0 Å². The summed E-state index contributed by atoms with van der Waals surface area (Å²) in [4.78, 5) is 2.35. The standard InChI is InChI=1S/C8H18N2O/c1-7(4-9)10-3-2-8(5-10)6-11/h7-8,11H,2-6,9H2,1H3. The van der Waals surface area contributed by atoms with Crippen LogP contribution in [0.25, 0.3) is 0 Å². The second-order valence-corrected chi connectivity index (χ2v) is 3.42. The van der Waals surface area contributed by atoms with E-state index in [1.165, 1.54) is 0 Å². The Morgan fingerprint density at radius 2 is 2.45 bits per heavy atom. The van der Waals surface area contributed by atoms with Gasteiger partial charge >= 0.3 is 0 Å². The fourth-order valence-corrected chi connectivity index (χ4v) is 1.56. The van der Waals surface area contributed by atoms with Crippen LogP contribution < -0.4 is 5.73 Å². The largest absolute Gasteiger partial charge is 0.396 e. The molecule has 1 aliphatic heterocycles. The van der Waals surface area contributed by atoms with Crippen LogP contribution in [0.15, 0.2) is 0 Å². The summed E-state index contributed by atoms with van der Waals surface area (Å²) in [6, 6.07) is 0.478. The molecule has 0 bridgehead atoms. The molecule has 1 fully saturated rings. The molecule has 66 valence electrons. The molecule has 3 heteroatoms. The van der Waals surface area contributed by atoms with Crippen LogP contribution in [0.5, 0.6) is 0 Å². The summed E-state index contributed by atoms with van der Waals surface area (Å²) < 4.78 is 0. The highest BCUT2D eigenvalue weighted by Gasteiger charge is 2.24. The SMILES string of the molecule is CC(CN)N1CCC(CO)C1. The first-order chi connectivity index (χ1) is 5.27. The monoisotopic (exact) mass is 158 g/mol. The first kappa shape index (κ1) is 8.97. The number of nitrogens with zero attached hydrogens (tertiary/aromatic N) is 1. The van der Waals surface area contributed by atoms with Crippen molar-refractivity contribution < 1.29 is 5.11 Å². The number of hydrogen-bond donors (Lipinski definition) is 2. The topological polar surface area (TPSA) is 49.5 Å². The number of aliphatic hydroxyl groups excluding tert-OH is 1. The van der Waals surface area contributed by atoms with Gasteiger partial charge in [0, 0.05) is 25.7 Å². The van der Waals surface area contributed by atoms with Crippen molar-refractivity contribution in [1.29, 1.82) is 0 Å². The van der Waals surface area contributed by atoms with Crippen molar-refractivity contribution in [3.05, 3.63) is 0 Å². The van der Waals surface area contributed by atoms with E-state index in [1.54, 1.807) is 0 Å². The van der Waals surface area contributed by atoms with Gasteiger partial charge in [-0.1, -0.05) is 0 Å². The average Bonchev–Trinajstić information content (AvgIpc) is 2.50. The van der Waals surface area contributed by atoms with Crippen molar-refractivity contribution in [3.8, 4) is 0 Å². The van der Waals surface area contributed by atoms with E-state index in [-0.39, 0.29) is 0 Å². The van der Waals surface area contributed by atoms with Gasteiger partial charge in [-0.05, 0) is 25.8 Å². The summed E-state index contributed by atoms with van der Waals surface area (Å²) in [6.07, 6.45) is 1.13. The molecule has 11 heavy (non-hydrogen) atoms. The molecule has 3 N–H and O–H groups in total. The van der Waals surface area contributed by atoms with Crippen LogP contribution in [0, 0.1) is 5.92 Å². The van der Waals surface area contributed by atoms with Crippen LogP contribution in [0.1, 0.15) is 13.3 Å². The molecule has 0 aromatic rings. The molecule has 0 spiro atoms. The zero-order valence-corrected chi connectivity index (χ0v) is 7.16. The van der Waals surface area contributed by atoms with Gasteiger partial charge in [0.15, 0.2) is 0 Å². The third-order valence-corrected chi connectivity index (χ3v) is 2.54. The molecule has 3 nitrogen and oxygen atoms in total. The Bertz CT molecular complexity index is 119. The maximum atomic E-state index is 8.88. The predicted octanol–water partition coefficient (Wildman–Crippen LogP) is -0.352. The fourth-order valence-electron chi connectivity index (χ4n) is 1.56. The second kappa shape index (κ2) is 4.04.